The van der Waals surface area contributed by atoms with Crippen LogP contribution < -0.4 is 19.9 Å². The molecule has 8 nitrogen and oxygen atoms in total. The van der Waals surface area contributed by atoms with Crippen molar-refractivity contribution in [2.24, 2.45) is 5.41 Å². The molecule has 0 radical (unpaired) electrons. The average Bonchev–Trinajstić information content (AvgIpc) is 3.28. The number of likely N-dealkylation sites (N-methyl/N-ethyl adjacent to an activating group) is 1. The van der Waals surface area contributed by atoms with Crippen LogP contribution in [0.15, 0.2) is 24.5 Å². The van der Waals surface area contributed by atoms with Crippen molar-refractivity contribution < 1.29 is 17.9 Å². The maximum absolute atomic E-state index is 13.3. The first-order valence-electron chi connectivity index (χ1n) is 12.1. The Morgan fingerprint density at radius 3 is 2.74 bits per heavy atom. The number of nitrogens with zero attached hydrogens (tertiary/aromatic N) is 6. The number of imidazole rings is 1. The van der Waals surface area contributed by atoms with Crippen LogP contribution >= 0.6 is 0 Å². The molecule has 35 heavy (non-hydrogen) atoms. The summed E-state index contributed by atoms with van der Waals surface area (Å²) in [5.41, 5.74) is 1.55. The Kier molecular flexibility index (Phi) is 5.28. The smallest absolute Gasteiger partial charge is 0.433 e. The highest BCUT2D eigenvalue weighted by atomic mass is 19.4. The fourth-order valence-electron chi connectivity index (χ4n) is 5.73. The van der Waals surface area contributed by atoms with Crippen molar-refractivity contribution in [1.29, 1.82) is 0 Å². The van der Waals surface area contributed by atoms with E-state index in [0.29, 0.717) is 29.3 Å². The summed E-state index contributed by atoms with van der Waals surface area (Å²) in [7, 11) is 2.02. The quantitative estimate of drug-likeness (QED) is 0.592. The topological polar surface area (TPSA) is 70.8 Å². The van der Waals surface area contributed by atoms with Crippen LogP contribution in [-0.2, 0) is 6.18 Å². The molecule has 0 amide bonds. The van der Waals surface area contributed by atoms with Gasteiger partial charge in [-0.2, -0.15) is 13.2 Å². The zero-order valence-corrected chi connectivity index (χ0v) is 19.6. The van der Waals surface area contributed by atoms with Crippen molar-refractivity contribution in [2.45, 2.75) is 31.9 Å². The van der Waals surface area contributed by atoms with Gasteiger partial charge in [0.2, 0.25) is 0 Å². The van der Waals surface area contributed by atoms with Gasteiger partial charge in [0.05, 0.1) is 18.4 Å². The third kappa shape index (κ3) is 3.85. The van der Waals surface area contributed by atoms with E-state index >= 15 is 0 Å². The fraction of sp³-hybridized carbons (Fsp3) is 0.542. The number of ether oxygens (including phenoxy) is 1. The van der Waals surface area contributed by atoms with Gasteiger partial charge in [0.25, 0.3) is 0 Å². The number of halogens is 3. The van der Waals surface area contributed by atoms with Gasteiger partial charge in [0.15, 0.2) is 17.2 Å². The molecule has 186 valence electrons. The van der Waals surface area contributed by atoms with E-state index in [1.807, 2.05) is 7.05 Å². The summed E-state index contributed by atoms with van der Waals surface area (Å²) >= 11 is 0. The van der Waals surface area contributed by atoms with Crippen molar-refractivity contribution in [1.82, 2.24) is 24.9 Å². The number of hydrogen-bond acceptors (Lipinski definition) is 7. The van der Waals surface area contributed by atoms with E-state index in [0.717, 1.165) is 69.6 Å². The van der Waals surface area contributed by atoms with Crippen molar-refractivity contribution in [3.63, 3.8) is 0 Å². The molecule has 3 aromatic heterocycles. The lowest BCUT2D eigenvalue weighted by Gasteiger charge is -2.46. The van der Waals surface area contributed by atoms with Crippen molar-refractivity contribution in [3.8, 4) is 17.0 Å². The molecule has 11 heteroatoms. The molecule has 2 fully saturated rings. The number of rotatable bonds is 2. The number of pyridine rings is 1. The summed E-state index contributed by atoms with van der Waals surface area (Å²) in [6.45, 7) is 5.07. The molecular weight excluding hydrogens is 459 g/mol. The minimum absolute atomic E-state index is 0.256. The first-order chi connectivity index (χ1) is 16.8. The van der Waals surface area contributed by atoms with Gasteiger partial charge in [-0.3, -0.25) is 4.98 Å². The van der Waals surface area contributed by atoms with Crippen molar-refractivity contribution >= 4 is 17.2 Å². The number of alkyl halides is 3. The van der Waals surface area contributed by atoms with E-state index in [1.165, 1.54) is 12.6 Å². The molecule has 6 rings (SSSR count). The zero-order chi connectivity index (χ0) is 24.2. The lowest BCUT2D eigenvalue weighted by molar-refractivity contribution is -0.141. The van der Waals surface area contributed by atoms with Crippen LogP contribution in [0.25, 0.3) is 16.9 Å². The molecule has 0 bridgehead atoms. The molecule has 6 heterocycles. The van der Waals surface area contributed by atoms with E-state index in [1.54, 1.807) is 16.8 Å². The second-order valence-corrected chi connectivity index (χ2v) is 9.85. The van der Waals surface area contributed by atoms with Crippen LogP contribution in [0.5, 0.6) is 5.75 Å². The zero-order valence-electron chi connectivity index (χ0n) is 19.6. The van der Waals surface area contributed by atoms with Gasteiger partial charge in [-0.15, -0.1) is 5.10 Å². The highest BCUT2D eigenvalue weighted by Crippen LogP contribution is 2.46. The number of fused-ring (bicyclic) bond motifs is 3. The number of piperidine rings is 2. The predicted octanol–water partition coefficient (Wildman–Crippen LogP) is 3.61. The van der Waals surface area contributed by atoms with Gasteiger partial charge in [0.1, 0.15) is 18.0 Å². The third-order valence-corrected chi connectivity index (χ3v) is 7.59. The Morgan fingerprint density at radius 1 is 1.11 bits per heavy atom. The van der Waals surface area contributed by atoms with Gasteiger partial charge in [-0.25, -0.2) is 9.50 Å². The Labute approximate surface area is 201 Å². The normalized spacial score (nSPS) is 20.2. The molecule has 0 aliphatic carbocycles. The molecule has 0 aromatic carbocycles. The number of hydrogen-bond donors (Lipinski definition) is 1. The molecule has 0 unspecified atom stereocenters. The van der Waals surface area contributed by atoms with E-state index in [-0.39, 0.29) is 5.41 Å². The Balaban J connectivity index is 1.49. The average molecular weight is 488 g/mol. The molecule has 3 aromatic rings. The first-order valence-corrected chi connectivity index (χ1v) is 12.1. The molecule has 3 aliphatic rings. The minimum Gasteiger partial charge on any atom is -0.486 e. The highest BCUT2D eigenvalue weighted by molar-refractivity contribution is 5.83. The van der Waals surface area contributed by atoms with Gasteiger partial charge in [-0.05, 0) is 56.3 Å². The molecule has 2 saturated heterocycles. The molecule has 1 N–H and O–H groups in total. The SMILES string of the molecule is CN1CCOc2c1c(N1CCCC3(CCNCC3)C1)nn1c(-c3ccnc(C(F)(F)F)c3)cnc21. The number of nitrogens with one attached hydrogen (secondary N) is 1. The van der Waals surface area contributed by atoms with Crippen LogP contribution in [0.4, 0.5) is 24.7 Å². The van der Waals surface area contributed by atoms with E-state index in [4.69, 9.17) is 9.84 Å². The van der Waals surface area contributed by atoms with Crippen LogP contribution in [0, 0.1) is 5.41 Å². The molecule has 0 saturated carbocycles. The molecule has 0 atom stereocenters. The van der Waals surface area contributed by atoms with Crippen LogP contribution in [-0.4, -0.2) is 66.0 Å². The van der Waals surface area contributed by atoms with Crippen molar-refractivity contribution in [2.75, 3.05) is 56.2 Å². The van der Waals surface area contributed by atoms with Gasteiger partial charge in [0, 0.05) is 31.9 Å². The maximum Gasteiger partial charge on any atom is 0.433 e. The second-order valence-electron chi connectivity index (χ2n) is 9.85. The minimum atomic E-state index is -4.53. The third-order valence-electron chi connectivity index (χ3n) is 7.59. The highest BCUT2D eigenvalue weighted by Gasteiger charge is 2.39. The van der Waals surface area contributed by atoms with Crippen LogP contribution in [0.3, 0.4) is 0 Å². The standard InChI is InChI=1S/C24H28F3N7O/c1-32-11-12-35-20-19(32)21(33-10-2-4-23(15-33)5-8-28-9-6-23)31-34-17(14-30-22(20)34)16-3-7-29-18(13-16)24(25,26)27/h3,7,13-14,28H,2,4-6,8-12,15H2,1H3. The molecule has 3 aliphatic heterocycles. The second kappa shape index (κ2) is 8.25. The van der Waals surface area contributed by atoms with E-state index < -0.39 is 11.9 Å². The van der Waals surface area contributed by atoms with Crippen molar-refractivity contribution in [3.05, 3.63) is 30.2 Å². The number of anilines is 2. The summed E-state index contributed by atoms with van der Waals surface area (Å²) < 4.78 is 47.7. The van der Waals surface area contributed by atoms with E-state index in [2.05, 4.69) is 25.1 Å². The summed E-state index contributed by atoms with van der Waals surface area (Å²) in [4.78, 5) is 12.5. The Morgan fingerprint density at radius 2 is 1.94 bits per heavy atom. The number of aromatic nitrogens is 4. The summed E-state index contributed by atoms with van der Waals surface area (Å²) in [6.07, 6.45) is 2.75. The Bertz CT molecular complexity index is 1250. The lowest BCUT2D eigenvalue weighted by atomic mass is 9.73. The van der Waals surface area contributed by atoms with Gasteiger partial charge in [-0.1, -0.05) is 0 Å². The summed E-state index contributed by atoms with van der Waals surface area (Å²) in [5, 5.41) is 8.48. The summed E-state index contributed by atoms with van der Waals surface area (Å²) in [6, 6.07) is 2.60. The maximum atomic E-state index is 13.3. The largest absolute Gasteiger partial charge is 0.486 e. The van der Waals surface area contributed by atoms with Gasteiger partial charge >= 0.3 is 6.18 Å². The molecule has 1 spiro atoms. The lowest BCUT2D eigenvalue weighted by Crippen LogP contribution is -2.49. The van der Waals surface area contributed by atoms with E-state index in [9.17, 15) is 13.2 Å². The Hall–Kier alpha value is -3.08. The first kappa shape index (κ1) is 22.4. The predicted molar refractivity (Wildman–Crippen MR) is 126 cm³/mol. The monoisotopic (exact) mass is 487 g/mol. The molecular formula is C24H28F3N7O. The van der Waals surface area contributed by atoms with Crippen LogP contribution in [0.2, 0.25) is 0 Å². The summed E-state index contributed by atoms with van der Waals surface area (Å²) in [5.74, 6) is 1.43. The van der Waals surface area contributed by atoms with Gasteiger partial charge < -0.3 is 19.9 Å². The van der Waals surface area contributed by atoms with Crippen LogP contribution in [0.1, 0.15) is 31.4 Å². The fourth-order valence-corrected chi connectivity index (χ4v) is 5.73.